The average molecular weight is 690 g/mol. The van der Waals surface area contributed by atoms with Gasteiger partial charge in [0.2, 0.25) is 6.36 Å². The highest BCUT2D eigenvalue weighted by Gasteiger charge is 2.60. The zero-order valence-corrected chi connectivity index (χ0v) is 23.3. The number of amides is 1. The number of nitrogens with one attached hydrogen (secondary N) is 1. The summed E-state index contributed by atoms with van der Waals surface area (Å²) in [5.74, 6) is -8.23. The Labute approximate surface area is 255 Å². The van der Waals surface area contributed by atoms with Gasteiger partial charge in [0, 0.05) is 6.42 Å². The predicted molar refractivity (Wildman–Crippen MR) is 129 cm³/mol. The predicted octanol–water partition coefficient (Wildman–Crippen LogP) is -6.70. The van der Waals surface area contributed by atoms with E-state index >= 15 is 0 Å². The number of aliphatic carboxylic acids is 1. The number of carbonyl (C=O) groups excluding carboxylic acids is 1. The van der Waals surface area contributed by atoms with E-state index in [0.29, 0.717) is 0 Å². The van der Waals surface area contributed by atoms with Crippen molar-refractivity contribution in [1.82, 2.24) is 5.32 Å². The summed E-state index contributed by atoms with van der Waals surface area (Å²) in [7, 11) is 0. The molecule has 0 aromatic rings. The van der Waals surface area contributed by atoms with Gasteiger partial charge in [-0.05, 0) is 0 Å². The van der Waals surface area contributed by atoms with Crippen molar-refractivity contribution >= 4 is 11.9 Å². The first-order chi connectivity index (χ1) is 21.3. The molecule has 12 N–H and O–H groups in total. The van der Waals surface area contributed by atoms with Gasteiger partial charge in [0.1, 0.15) is 67.1 Å². The number of ether oxygens (including phenoxy) is 5. The second-order valence-corrected chi connectivity index (χ2v) is 10.7. The van der Waals surface area contributed by atoms with Crippen LogP contribution >= 0.6 is 0 Å². The van der Waals surface area contributed by atoms with Crippen LogP contribution in [0, 0.1) is 0 Å². The lowest BCUT2D eigenvalue weighted by Crippen LogP contribution is -2.71. The van der Waals surface area contributed by atoms with E-state index in [9.17, 15) is 83.3 Å². The molecule has 0 saturated carbocycles. The number of aliphatic hydroxyl groups is 10. The summed E-state index contributed by atoms with van der Waals surface area (Å²) in [5.41, 5.74) is 0. The Balaban J connectivity index is 1.96. The molecule has 3 fully saturated rings. The van der Waals surface area contributed by atoms with Gasteiger partial charge in [-0.25, -0.2) is 9.18 Å². The number of hydrogen-bond donors (Lipinski definition) is 12. The van der Waals surface area contributed by atoms with Crippen LogP contribution < -0.4 is 5.32 Å². The Morgan fingerprint density at radius 3 is 2.04 bits per heavy atom. The van der Waals surface area contributed by atoms with E-state index in [1.807, 2.05) is 0 Å². The molecule has 0 bridgehead atoms. The Kier molecular flexibility index (Phi) is 12.6. The lowest BCUT2D eigenvalue weighted by atomic mass is 9.88. The smallest absolute Gasteiger partial charge is 0.471 e. The first kappa shape index (κ1) is 38.5. The van der Waals surface area contributed by atoms with Gasteiger partial charge in [-0.3, -0.25) is 4.79 Å². The molecule has 0 aromatic heterocycles. The third kappa shape index (κ3) is 7.85. The molecule has 46 heavy (non-hydrogen) atoms. The number of aliphatic hydroxyl groups excluding tert-OH is 10. The monoisotopic (exact) mass is 689 g/mol. The van der Waals surface area contributed by atoms with Gasteiger partial charge in [-0.2, -0.15) is 13.2 Å². The largest absolute Gasteiger partial charge is 0.477 e. The molecule has 3 aliphatic heterocycles. The fourth-order valence-corrected chi connectivity index (χ4v) is 5.14. The summed E-state index contributed by atoms with van der Waals surface area (Å²) in [6.45, 7) is -3.40. The number of carboxylic acids is 1. The van der Waals surface area contributed by atoms with E-state index in [-0.39, 0.29) is 0 Å². The highest BCUT2D eigenvalue weighted by molar-refractivity contribution is 5.82. The minimum atomic E-state index is -5.56. The highest BCUT2D eigenvalue weighted by Crippen LogP contribution is 2.38. The van der Waals surface area contributed by atoms with Gasteiger partial charge in [0.05, 0.1) is 32.0 Å². The van der Waals surface area contributed by atoms with E-state index < -0.39 is 142 Å². The maximum Gasteiger partial charge on any atom is 0.471 e. The third-order valence-electron chi connectivity index (χ3n) is 7.62. The number of rotatable bonds is 11. The van der Waals surface area contributed by atoms with Crippen LogP contribution in [-0.4, -0.2) is 192 Å². The van der Waals surface area contributed by atoms with Crippen LogP contribution in [0.5, 0.6) is 0 Å². The number of carboxylic acid groups (broad SMARTS) is 1. The van der Waals surface area contributed by atoms with Crippen LogP contribution in [0.2, 0.25) is 0 Å². The van der Waals surface area contributed by atoms with E-state index in [2.05, 4.69) is 0 Å². The Morgan fingerprint density at radius 2 is 1.52 bits per heavy atom. The molecule has 23 heteroatoms. The van der Waals surface area contributed by atoms with Crippen LogP contribution in [0.25, 0.3) is 0 Å². The summed E-state index contributed by atoms with van der Waals surface area (Å²) in [5, 5.41) is 113. The second-order valence-electron chi connectivity index (χ2n) is 10.7. The molecule has 19 nitrogen and oxygen atoms in total. The van der Waals surface area contributed by atoms with Crippen LogP contribution in [0.15, 0.2) is 0 Å². The minimum absolute atomic E-state index is 1.02. The summed E-state index contributed by atoms with van der Waals surface area (Å²) in [6.07, 6.45) is -37.9. The van der Waals surface area contributed by atoms with Gasteiger partial charge >= 0.3 is 18.1 Å². The van der Waals surface area contributed by atoms with Crippen molar-refractivity contribution in [2.24, 2.45) is 0 Å². The topological polar surface area (TPSA) is 315 Å². The Bertz CT molecular complexity index is 1040. The maximum atomic E-state index is 13.9. The van der Waals surface area contributed by atoms with Gasteiger partial charge in [0.25, 0.3) is 5.79 Å². The molecular weight excluding hydrogens is 654 g/mol. The van der Waals surface area contributed by atoms with Crippen molar-refractivity contribution in [1.29, 1.82) is 0 Å². The number of carbonyl (C=O) groups is 2. The fraction of sp³-hybridized carbons (Fsp3) is 0.913. The molecule has 0 spiro atoms. The molecule has 16 atom stereocenters. The van der Waals surface area contributed by atoms with Gasteiger partial charge in [-0.15, -0.1) is 0 Å². The first-order valence-electron chi connectivity index (χ1n) is 13.5. The summed E-state index contributed by atoms with van der Waals surface area (Å²) < 4.78 is 78.7. The van der Waals surface area contributed by atoms with Crippen LogP contribution in [-0.2, 0) is 33.3 Å². The highest BCUT2D eigenvalue weighted by atomic mass is 19.4. The standard InChI is InChI=1S/C23H35F4NO18/c24-18-13(37)12(36)15(8(4-31)42-18)44-19-14(38)17(11(35)7(3-30)43-19)46-22(21(40)41)1-5(32)9(28-20(39)23(25,26)27)16(45-22)10(34)6(33)2-29/h5-19,29-38H,1-4H2,(H,28,39)(H,40,41)/t5-,6+,7+,8+,9+,10+,11-,12+,13+,14+,15+,16+,17-,18-,19-,22-/m0/s1. The number of alkyl halides is 4. The molecule has 3 aliphatic rings. The molecule has 3 saturated heterocycles. The SMILES string of the molecule is O=C(N[C@H]1[C@H]([C@H](O)[C@H](O)CO)O[C@@](O[C@H]2[C@@H](O)[C@@H](CO)O[C@@H](O[C@H]3[C@H](O)[C@@H](O)[C@@H](F)O[C@@H]3CO)[C@@H]2O)(C(=O)O)C[C@@H]1O)C(F)(F)F. The van der Waals surface area contributed by atoms with E-state index in [1.54, 1.807) is 0 Å². The maximum absolute atomic E-state index is 13.9. The Hall–Kier alpha value is -1.94. The van der Waals surface area contributed by atoms with Crippen molar-refractivity contribution in [3.05, 3.63) is 0 Å². The first-order valence-corrected chi connectivity index (χ1v) is 13.5. The lowest BCUT2D eigenvalue weighted by molar-refractivity contribution is -0.383. The molecule has 0 radical (unpaired) electrons. The van der Waals surface area contributed by atoms with Crippen molar-refractivity contribution in [3.63, 3.8) is 0 Å². The van der Waals surface area contributed by atoms with Gasteiger partial charge in [-0.1, -0.05) is 0 Å². The normalized spacial score (nSPS) is 43.5. The molecule has 1 amide bonds. The van der Waals surface area contributed by atoms with Gasteiger partial charge in [0.15, 0.2) is 6.29 Å². The van der Waals surface area contributed by atoms with E-state index in [1.165, 1.54) is 5.32 Å². The number of halogens is 4. The number of hydrogen-bond acceptors (Lipinski definition) is 17. The van der Waals surface area contributed by atoms with Crippen LogP contribution in [0.3, 0.4) is 0 Å². The molecule has 3 rings (SSSR count). The molecule has 268 valence electrons. The molecule has 0 unspecified atom stereocenters. The average Bonchev–Trinajstić information content (AvgIpc) is 2.99. The van der Waals surface area contributed by atoms with Crippen molar-refractivity contribution in [2.75, 3.05) is 19.8 Å². The lowest BCUT2D eigenvalue weighted by Gasteiger charge is -2.50. The second kappa shape index (κ2) is 15.1. The van der Waals surface area contributed by atoms with Crippen molar-refractivity contribution in [3.8, 4) is 0 Å². The van der Waals surface area contributed by atoms with Crippen molar-refractivity contribution < 1.29 is 107 Å². The molecular formula is C23H35F4NO18. The molecule has 0 aliphatic carbocycles. The Morgan fingerprint density at radius 1 is 0.913 bits per heavy atom. The molecule has 0 aromatic carbocycles. The van der Waals surface area contributed by atoms with Crippen molar-refractivity contribution in [2.45, 2.75) is 110 Å². The minimum Gasteiger partial charge on any atom is -0.477 e. The zero-order valence-electron chi connectivity index (χ0n) is 23.3. The zero-order chi connectivity index (χ0) is 34.9. The van der Waals surface area contributed by atoms with Crippen LogP contribution in [0.1, 0.15) is 6.42 Å². The quantitative estimate of drug-likeness (QED) is 0.0897. The van der Waals surface area contributed by atoms with E-state index in [4.69, 9.17) is 23.7 Å². The van der Waals surface area contributed by atoms with E-state index in [0.717, 1.165) is 0 Å². The van der Waals surface area contributed by atoms with Crippen LogP contribution in [0.4, 0.5) is 17.6 Å². The summed E-state index contributed by atoms with van der Waals surface area (Å²) >= 11 is 0. The fourth-order valence-electron chi connectivity index (χ4n) is 5.14. The molecule has 3 heterocycles. The summed E-state index contributed by atoms with van der Waals surface area (Å²) in [6, 6.07) is -2.30. The third-order valence-corrected chi connectivity index (χ3v) is 7.62. The van der Waals surface area contributed by atoms with Gasteiger partial charge < -0.3 is 85.2 Å². The summed E-state index contributed by atoms with van der Waals surface area (Å²) in [4.78, 5) is 24.1.